The third-order valence-corrected chi connectivity index (χ3v) is 2.47. The van der Waals surface area contributed by atoms with Crippen LogP contribution in [0.15, 0.2) is 12.1 Å². The first-order valence-corrected chi connectivity index (χ1v) is 5.01. The summed E-state index contributed by atoms with van der Waals surface area (Å²) in [5.74, 6) is 2.27. The number of hydrogen-bond donors (Lipinski definition) is 1. The van der Waals surface area contributed by atoms with E-state index in [4.69, 9.17) is 16.4 Å². The van der Waals surface area contributed by atoms with E-state index < -0.39 is 12.1 Å². The Bertz CT molecular complexity index is 486. The SMILES string of the molecule is C#CC(OC(=O)c1ccc(C#N)[nH]1)C1CC1. The minimum atomic E-state index is -0.503. The second-order valence-corrected chi connectivity index (χ2v) is 3.73. The topological polar surface area (TPSA) is 65.9 Å². The van der Waals surface area contributed by atoms with Crippen molar-refractivity contribution >= 4 is 5.97 Å². The number of carbonyl (C=O) groups excluding carboxylic acids is 1. The van der Waals surface area contributed by atoms with Gasteiger partial charge in [0.15, 0.2) is 6.10 Å². The van der Waals surface area contributed by atoms with Gasteiger partial charge >= 0.3 is 5.97 Å². The molecule has 0 saturated heterocycles. The zero-order valence-electron chi connectivity index (χ0n) is 8.56. The van der Waals surface area contributed by atoms with Crippen molar-refractivity contribution in [1.82, 2.24) is 4.98 Å². The van der Waals surface area contributed by atoms with Crippen molar-refractivity contribution in [2.24, 2.45) is 5.92 Å². The van der Waals surface area contributed by atoms with Crippen LogP contribution in [0.3, 0.4) is 0 Å². The van der Waals surface area contributed by atoms with Gasteiger partial charge in [0.1, 0.15) is 17.5 Å². The van der Waals surface area contributed by atoms with Crippen molar-refractivity contribution in [3.05, 3.63) is 23.5 Å². The lowest BCUT2D eigenvalue weighted by Gasteiger charge is -2.09. The largest absolute Gasteiger partial charge is 0.444 e. The van der Waals surface area contributed by atoms with Crippen molar-refractivity contribution in [2.45, 2.75) is 18.9 Å². The molecule has 1 aromatic rings. The van der Waals surface area contributed by atoms with Crippen LogP contribution in [0.25, 0.3) is 0 Å². The summed E-state index contributed by atoms with van der Waals surface area (Å²) in [4.78, 5) is 14.3. The van der Waals surface area contributed by atoms with Crippen molar-refractivity contribution in [3.63, 3.8) is 0 Å². The molecule has 16 heavy (non-hydrogen) atoms. The number of terminal acetylenes is 1. The maximum atomic E-state index is 11.6. The van der Waals surface area contributed by atoms with E-state index >= 15 is 0 Å². The Kier molecular flexibility index (Phi) is 2.66. The van der Waals surface area contributed by atoms with Crippen LogP contribution in [0.5, 0.6) is 0 Å². The lowest BCUT2D eigenvalue weighted by molar-refractivity contribution is 0.0368. The Morgan fingerprint density at radius 2 is 2.38 bits per heavy atom. The lowest BCUT2D eigenvalue weighted by Crippen LogP contribution is -2.18. The number of rotatable bonds is 3. The standard InChI is InChI=1S/C12H10N2O2/c1-2-11(8-3-4-8)16-12(15)10-6-5-9(7-13)14-10/h1,5-6,8,11,14H,3-4H2. The smallest absolute Gasteiger partial charge is 0.356 e. The normalized spacial score (nSPS) is 15.9. The van der Waals surface area contributed by atoms with Gasteiger partial charge in [0.2, 0.25) is 0 Å². The van der Waals surface area contributed by atoms with Crippen LogP contribution in [-0.4, -0.2) is 17.1 Å². The summed E-state index contributed by atoms with van der Waals surface area (Å²) in [6.07, 6.45) is 6.86. The molecule has 0 amide bonds. The van der Waals surface area contributed by atoms with E-state index in [2.05, 4.69) is 10.9 Å². The zero-order valence-corrected chi connectivity index (χ0v) is 8.56. The first-order chi connectivity index (χ1) is 7.74. The van der Waals surface area contributed by atoms with E-state index in [-0.39, 0.29) is 5.69 Å². The Labute approximate surface area is 93.2 Å². The highest BCUT2D eigenvalue weighted by Crippen LogP contribution is 2.34. The number of nitrogens with zero attached hydrogens (tertiary/aromatic N) is 1. The summed E-state index contributed by atoms with van der Waals surface area (Å²) in [5, 5.41) is 8.59. The Balaban J connectivity index is 2.02. The maximum absolute atomic E-state index is 11.6. The van der Waals surface area contributed by atoms with Crippen LogP contribution in [0, 0.1) is 29.6 Å². The number of hydrogen-bond acceptors (Lipinski definition) is 3. The quantitative estimate of drug-likeness (QED) is 0.611. The van der Waals surface area contributed by atoms with Gasteiger partial charge in [0, 0.05) is 5.92 Å². The third-order valence-electron chi connectivity index (χ3n) is 2.47. The molecule has 1 aromatic heterocycles. The molecule has 0 aromatic carbocycles. The van der Waals surface area contributed by atoms with Gasteiger partial charge < -0.3 is 9.72 Å². The predicted molar refractivity (Wildman–Crippen MR) is 56.3 cm³/mol. The third kappa shape index (κ3) is 2.07. The highest BCUT2D eigenvalue weighted by molar-refractivity contribution is 5.88. The molecule has 1 atom stereocenters. The van der Waals surface area contributed by atoms with E-state index in [1.807, 2.05) is 6.07 Å². The average Bonchev–Trinajstić information content (AvgIpc) is 3.02. The molecule has 0 radical (unpaired) electrons. The monoisotopic (exact) mass is 214 g/mol. The molecule has 1 aliphatic rings. The molecule has 1 heterocycles. The van der Waals surface area contributed by atoms with E-state index in [1.54, 1.807) is 0 Å². The number of H-pyrrole nitrogens is 1. The molecule has 4 nitrogen and oxygen atoms in total. The summed E-state index contributed by atoms with van der Waals surface area (Å²) < 4.78 is 5.15. The molecule has 1 saturated carbocycles. The molecule has 2 rings (SSSR count). The molecule has 0 spiro atoms. The molecule has 1 aliphatic carbocycles. The molecular formula is C12H10N2O2. The highest BCUT2D eigenvalue weighted by atomic mass is 16.5. The van der Waals surface area contributed by atoms with Crippen molar-refractivity contribution < 1.29 is 9.53 Å². The molecule has 1 unspecified atom stereocenters. The van der Waals surface area contributed by atoms with E-state index in [1.165, 1.54) is 12.1 Å². The molecule has 1 fully saturated rings. The first kappa shape index (κ1) is 10.3. The summed E-state index contributed by atoms with van der Waals surface area (Å²) in [5.41, 5.74) is 0.591. The summed E-state index contributed by atoms with van der Waals surface area (Å²) >= 11 is 0. The van der Waals surface area contributed by atoms with Crippen LogP contribution >= 0.6 is 0 Å². The van der Waals surface area contributed by atoms with Gasteiger partial charge in [-0.25, -0.2) is 4.79 Å². The van der Waals surface area contributed by atoms with Gasteiger partial charge in [-0.2, -0.15) is 5.26 Å². The molecule has 0 aliphatic heterocycles. The van der Waals surface area contributed by atoms with E-state index in [0.29, 0.717) is 11.6 Å². The lowest BCUT2D eigenvalue weighted by atomic mass is 10.2. The predicted octanol–water partition coefficient (Wildman–Crippen LogP) is 1.45. The van der Waals surface area contributed by atoms with Crippen LogP contribution in [-0.2, 0) is 4.74 Å². The number of nitrogens with one attached hydrogen (secondary N) is 1. The second kappa shape index (κ2) is 4.12. The Morgan fingerprint density at radius 1 is 1.62 bits per heavy atom. The average molecular weight is 214 g/mol. The second-order valence-electron chi connectivity index (χ2n) is 3.73. The minimum absolute atomic E-state index is 0.262. The maximum Gasteiger partial charge on any atom is 0.356 e. The fraction of sp³-hybridized carbons (Fsp3) is 0.333. The van der Waals surface area contributed by atoms with Crippen LogP contribution in [0.1, 0.15) is 29.0 Å². The van der Waals surface area contributed by atoms with Crippen molar-refractivity contribution in [1.29, 1.82) is 5.26 Å². The van der Waals surface area contributed by atoms with Gasteiger partial charge in [0.05, 0.1) is 0 Å². The minimum Gasteiger partial charge on any atom is -0.444 e. The summed E-state index contributed by atoms with van der Waals surface area (Å²) in [6.45, 7) is 0. The number of nitriles is 1. The summed E-state index contributed by atoms with van der Waals surface area (Å²) in [6, 6.07) is 4.94. The van der Waals surface area contributed by atoms with Gasteiger partial charge in [-0.1, -0.05) is 5.92 Å². The van der Waals surface area contributed by atoms with Crippen LogP contribution < -0.4 is 0 Å². The molecule has 1 N–H and O–H groups in total. The van der Waals surface area contributed by atoms with E-state index in [0.717, 1.165) is 12.8 Å². The highest BCUT2D eigenvalue weighted by Gasteiger charge is 2.33. The molecule has 4 heteroatoms. The van der Waals surface area contributed by atoms with Crippen LogP contribution in [0.4, 0.5) is 0 Å². The number of ether oxygens (including phenoxy) is 1. The van der Waals surface area contributed by atoms with Gasteiger partial charge in [-0.15, -0.1) is 6.42 Å². The molecular weight excluding hydrogens is 204 g/mol. The van der Waals surface area contributed by atoms with Crippen LogP contribution in [0.2, 0.25) is 0 Å². The number of esters is 1. The number of carbonyl (C=O) groups is 1. The zero-order chi connectivity index (χ0) is 11.5. The fourth-order valence-electron chi connectivity index (χ4n) is 1.42. The number of aromatic nitrogens is 1. The Hall–Kier alpha value is -2.20. The summed E-state index contributed by atoms with van der Waals surface area (Å²) in [7, 11) is 0. The molecule has 0 bridgehead atoms. The number of aromatic amines is 1. The Morgan fingerprint density at radius 3 is 2.88 bits per heavy atom. The molecule has 80 valence electrons. The van der Waals surface area contributed by atoms with Gasteiger partial charge in [-0.05, 0) is 25.0 Å². The van der Waals surface area contributed by atoms with Gasteiger partial charge in [0.25, 0.3) is 0 Å². The van der Waals surface area contributed by atoms with E-state index in [9.17, 15) is 4.79 Å². The van der Waals surface area contributed by atoms with Crippen molar-refractivity contribution in [2.75, 3.05) is 0 Å². The fourth-order valence-corrected chi connectivity index (χ4v) is 1.42. The van der Waals surface area contributed by atoms with Gasteiger partial charge in [-0.3, -0.25) is 0 Å². The van der Waals surface area contributed by atoms with Crippen molar-refractivity contribution in [3.8, 4) is 18.4 Å². The first-order valence-electron chi connectivity index (χ1n) is 5.01.